The summed E-state index contributed by atoms with van der Waals surface area (Å²) >= 11 is 0. The molecule has 6 nitrogen and oxygen atoms in total. The fraction of sp³-hybridized carbons (Fsp3) is 0.474. The standard InChI is InChI=1S/C19H24N4O2/c1-24-16-5-4-14-8-13(12-25-17(14)11-16)9-15-10-18(22-19(20)21-15)23-6-2-3-7-23/h4-5,10-11,13H,2-3,6-9,12H2,1H3,(H2,20,21,22)/t13-/m0/s1. The summed E-state index contributed by atoms with van der Waals surface area (Å²) in [6.07, 6.45) is 4.26. The fourth-order valence-electron chi connectivity index (χ4n) is 3.69. The van der Waals surface area contributed by atoms with E-state index in [-0.39, 0.29) is 0 Å². The summed E-state index contributed by atoms with van der Waals surface area (Å²) in [5.41, 5.74) is 8.17. The summed E-state index contributed by atoms with van der Waals surface area (Å²) in [7, 11) is 1.67. The highest BCUT2D eigenvalue weighted by atomic mass is 16.5. The largest absolute Gasteiger partial charge is 0.497 e. The van der Waals surface area contributed by atoms with Crippen LogP contribution in [0.2, 0.25) is 0 Å². The average Bonchev–Trinajstić information content (AvgIpc) is 3.15. The second kappa shape index (κ2) is 6.78. The number of benzene rings is 1. The van der Waals surface area contributed by atoms with Gasteiger partial charge in [-0.15, -0.1) is 0 Å². The fourth-order valence-corrected chi connectivity index (χ4v) is 3.69. The zero-order valence-corrected chi connectivity index (χ0v) is 14.6. The van der Waals surface area contributed by atoms with Crippen LogP contribution in [0.25, 0.3) is 0 Å². The van der Waals surface area contributed by atoms with Crippen LogP contribution in [0.15, 0.2) is 24.3 Å². The Morgan fingerprint density at radius 3 is 2.88 bits per heavy atom. The number of nitrogens with zero attached hydrogens (tertiary/aromatic N) is 3. The normalized spacial score (nSPS) is 19.4. The van der Waals surface area contributed by atoms with Gasteiger partial charge in [0.05, 0.1) is 13.7 Å². The van der Waals surface area contributed by atoms with Crippen LogP contribution in [0, 0.1) is 5.92 Å². The number of hydrogen-bond donors (Lipinski definition) is 1. The lowest BCUT2D eigenvalue weighted by Gasteiger charge is -2.26. The minimum Gasteiger partial charge on any atom is -0.497 e. The Balaban J connectivity index is 1.49. The Hall–Kier alpha value is -2.50. The van der Waals surface area contributed by atoms with E-state index in [0.717, 1.165) is 48.9 Å². The molecular weight excluding hydrogens is 316 g/mol. The summed E-state index contributed by atoms with van der Waals surface area (Å²) in [5, 5.41) is 0. The van der Waals surface area contributed by atoms with Gasteiger partial charge in [0.25, 0.3) is 0 Å². The molecule has 2 N–H and O–H groups in total. The summed E-state index contributed by atoms with van der Waals surface area (Å²) in [4.78, 5) is 11.2. The van der Waals surface area contributed by atoms with Gasteiger partial charge >= 0.3 is 0 Å². The van der Waals surface area contributed by atoms with Crippen LogP contribution in [0.1, 0.15) is 24.1 Å². The first-order valence-electron chi connectivity index (χ1n) is 8.89. The number of rotatable bonds is 4. The highest BCUT2D eigenvalue weighted by Gasteiger charge is 2.22. The van der Waals surface area contributed by atoms with Crippen molar-refractivity contribution in [1.82, 2.24) is 9.97 Å². The highest BCUT2D eigenvalue weighted by molar-refractivity contribution is 5.45. The first kappa shape index (κ1) is 16.0. The quantitative estimate of drug-likeness (QED) is 0.922. The number of hydrogen-bond acceptors (Lipinski definition) is 6. The molecule has 0 saturated carbocycles. The van der Waals surface area contributed by atoms with Gasteiger partial charge in [-0.05, 0) is 37.3 Å². The highest BCUT2D eigenvalue weighted by Crippen LogP contribution is 2.32. The van der Waals surface area contributed by atoms with Gasteiger partial charge in [-0.1, -0.05) is 6.07 Å². The first-order chi connectivity index (χ1) is 12.2. The predicted molar refractivity (Wildman–Crippen MR) is 97.3 cm³/mol. The Bertz CT molecular complexity index is 759. The second-order valence-corrected chi connectivity index (χ2v) is 6.83. The summed E-state index contributed by atoms with van der Waals surface area (Å²) in [6, 6.07) is 8.12. The van der Waals surface area contributed by atoms with Crippen molar-refractivity contribution >= 4 is 11.8 Å². The van der Waals surface area contributed by atoms with Gasteiger partial charge in [0, 0.05) is 36.8 Å². The van der Waals surface area contributed by atoms with Crippen molar-refractivity contribution in [3.63, 3.8) is 0 Å². The molecule has 3 heterocycles. The molecule has 0 bridgehead atoms. The predicted octanol–water partition coefficient (Wildman–Crippen LogP) is 2.46. The second-order valence-electron chi connectivity index (χ2n) is 6.83. The van der Waals surface area contributed by atoms with Gasteiger partial charge in [0.1, 0.15) is 17.3 Å². The van der Waals surface area contributed by atoms with Crippen molar-refractivity contribution < 1.29 is 9.47 Å². The Morgan fingerprint density at radius 2 is 2.08 bits per heavy atom. The van der Waals surface area contributed by atoms with Crippen LogP contribution in [0.3, 0.4) is 0 Å². The third kappa shape index (κ3) is 3.48. The number of nitrogens with two attached hydrogens (primary N) is 1. The first-order valence-corrected chi connectivity index (χ1v) is 8.89. The van der Waals surface area contributed by atoms with E-state index in [1.165, 1.54) is 18.4 Å². The van der Waals surface area contributed by atoms with Crippen molar-refractivity contribution in [3.05, 3.63) is 35.5 Å². The van der Waals surface area contributed by atoms with Crippen LogP contribution in [0.4, 0.5) is 11.8 Å². The zero-order chi connectivity index (χ0) is 17.2. The van der Waals surface area contributed by atoms with Crippen molar-refractivity contribution in [3.8, 4) is 11.5 Å². The van der Waals surface area contributed by atoms with Gasteiger partial charge in [-0.3, -0.25) is 0 Å². The molecule has 2 aliphatic heterocycles. The molecule has 1 aromatic carbocycles. The Kier molecular flexibility index (Phi) is 4.34. The Labute approximate surface area is 148 Å². The van der Waals surface area contributed by atoms with Crippen molar-refractivity contribution in [2.75, 3.05) is 37.4 Å². The minimum atomic E-state index is 0.362. The van der Waals surface area contributed by atoms with E-state index in [4.69, 9.17) is 15.2 Å². The summed E-state index contributed by atoms with van der Waals surface area (Å²) < 4.78 is 11.2. The summed E-state index contributed by atoms with van der Waals surface area (Å²) in [5.74, 6) is 3.47. The molecule has 25 heavy (non-hydrogen) atoms. The lowest BCUT2D eigenvalue weighted by Crippen LogP contribution is -2.24. The molecule has 1 aromatic heterocycles. The molecule has 2 aliphatic rings. The lowest BCUT2D eigenvalue weighted by atomic mass is 9.92. The van der Waals surface area contributed by atoms with Crippen molar-refractivity contribution in [1.29, 1.82) is 0 Å². The van der Waals surface area contributed by atoms with E-state index in [2.05, 4.69) is 27.0 Å². The molecule has 0 amide bonds. The van der Waals surface area contributed by atoms with Crippen LogP contribution >= 0.6 is 0 Å². The monoisotopic (exact) mass is 340 g/mol. The maximum atomic E-state index is 5.95. The maximum Gasteiger partial charge on any atom is 0.222 e. The van der Waals surface area contributed by atoms with Gasteiger partial charge in [0.2, 0.25) is 5.95 Å². The molecule has 2 aromatic rings. The topological polar surface area (TPSA) is 73.5 Å². The summed E-state index contributed by atoms with van der Waals surface area (Å²) in [6.45, 7) is 2.79. The smallest absolute Gasteiger partial charge is 0.222 e. The molecule has 1 fully saturated rings. The number of fused-ring (bicyclic) bond motifs is 1. The van der Waals surface area contributed by atoms with Crippen molar-refractivity contribution in [2.45, 2.75) is 25.7 Å². The molecule has 132 valence electrons. The van der Waals surface area contributed by atoms with Crippen LogP contribution in [-0.4, -0.2) is 36.8 Å². The number of aromatic nitrogens is 2. The minimum absolute atomic E-state index is 0.362. The van der Waals surface area contributed by atoms with Crippen LogP contribution < -0.4 is 20.1 Å². The zero-order valence-electron chi connectivity index (χ0n) is 14.6. The van der Waals surface area contributed by atoms with E-state index in [0.29, 0.717) is 18.5 Å². The molecule has 1 atom stereocenters. The van der Waals surface area contributed by atoms with E-state index in [1.54, 1.807) is 7.11 Å². The molecule has 0 radical (unpaired) electrons. The third-order valence-corrected chi connectivity index (χ3v) is 4.97. The molecule has 1 saturated heterocycles. The molecule has 4 rings (SSSR count). The van der Waals surface area contributed by atoms with E-state index < -0.39 is 0 Å². The SMILES string of the molecule is COc1ccc2c(c1)OC[C@H](Cc1cc(N3CCCC3)nc(N)n1)C2. The number of nitrogen functional groups attached to an aromatic ring is 1. The molecule has 0 spiro atoms. The molecule has 0 aliphatic carbocycles. The number of methoxy groups -OCH3 is 1. The lowest BCUT2D eigenvalue weighted by molar-refractivity contribution is 0.219. The van der Waals surface area contributed by atoms with E-state index >= 15 is 0 Å². The van der Waals surface area contributed by atoms with E-state index in [9.17, 15) is 0 Å². The molecular formula is C19H24N4O2. The maximum absolute atomic E-state index is 5.95. The van der Waals surface area contributed by atoms with Crippen molar-refractivity contribution in [2.24, 2.45) is 5.92 Å². The Morgan fingerprint density at radius 1 is 1.24 bits per heavy atom. The van der Waals surface area contributed by atoms with E-state index in [1.807, 2.05) is 12.1 Å². The average molecular weight is 340 g/mol. The van der Waals surface area contributed by atoms with Gasteiger partial charge < -0.3 is 20.1 Å². The molecule has 0 unspecified atom stereocenters. The van der Waals surface area contributed by atoms with Crippen LogP contribution in [0.5, 0.6) is 11.5 Å². The van der Waals surface area contributed by atoms with Gasteiger partial charge in [0.15, 0.2) is 0 Å². The molecule has 6 heteroatoms. The third-order valence-electron chi connectivity index (χ3n) is 4.97. The number of anilines is 2. The number of ether oxygens (including phenoxy) is 2. The van der Waals surface area contributed by atoms with Crippen LogP contribution in [-0.2, 0) is 12.8 Å². The van der Waals surface area contributed by atoms with Gasteiger partial charge in [-0.2, -0.15) is 4.98 Å². The van der Waals surface area contributed by atoms with Gasteiger partial charge in [-0.25, -0.2) is 4.98 Å².